The third-order valence-electron chi connectivity index (χ3n) is 4.67. The predicted molar refractivity (Wildman–Crippen MR) is 110 cm³/mol. The number of hydrogen-bond donors (Lipinski definition) is 2. The van der Waals surface area contributed by atoms with Gasteiger partial charge in [0.1, 0.15) is 0 Å². The maximum Gasteiger partial charge on any atom is 0.0820 e. The first-order valence-electron chi connectivity index (χ1n) is 9.28. The molecule has 1 aromatic heterocycles. The fraction of sp³-hybridized carbons (Fsp3) is 0.261. The van der Waals surface area contributed by atoms with E-state index in [4.69, 9.17) is 5.73 Å². The quantitative estimate of drug-likeness (QED) is 0.647. The third-order valence-corrected chi connectivity index (χ3v) is 4.67. The van der Waals surface area contributed by atoms with Crippen LogP contribution in [-0.4, -0.2) is 40.7 Å². The van der Waals surface area contributed by atoms with Crippen LogP contribution >= 0.6 is 0 Å². The molecule has 0 aliphatic carbocycles. The first-order chi connectivity index (χ1) is 13.1. The Balaban J connectivity index is 1.51. The van der Waals surface area contributed by atoms with Crippen LogP contribution in [-0.2, 0) is 13.0 Å². The van der Waals surface area contributed by atoms with Crippen molar-refractivity contribution >= 4 is 0 Å². The largest absolute Gasteiger partial charge is 0.390 e. The summed E-state index contributed by atoms with van der Waals surface area (Å²) in [5.41, 5.74) is 10.6. The van der Waals surface area contributed by atoms with Crippen molar-refractivity contribution in [2.24, 2.45) is 5.73 Å². The van der Waals surface area contributed by atoms with Crippen LogP contribution in [0.5, 0.6) is 0 Å². The van der Waals surface area contributed by atoms with Crippen molar-refractivity contribution in [2.75, 3.05) is 13.6 Å². The lowest BCUT2D eigenvalue weighted by molar-refractivity contribution is 0.0992. The third kappa shape index (κ3) is 5.73. The van der Waals surface area contributed by atoms with Gasteiger partial charge in [-0.1, -0.05) is 60.7 Å². The summed E-state index contributed by atoms with van der Waals surface area (Å²) in [5.74, 6) is 0. The van der Waals surface area contributed by atoms with Crippen LogP contribution in [0.2, 0.25) is 0 Å². The summed E-state index contributed by atoms with van der Waals surface area (Å²) in [4.78, 5) is 6.48. The van der Waals surface area contributed by atoms with Gasteiger partial charge in [0.2, 0.25) is 0 Å². The number of pyridine rings is 1. The molecule has 0 aliphatic heterocycles. The van der Waals surface area contributed by atoms with Crippen molar-refractivity contribution in [3.05, 3.63) is 90.1 Å². The molecule has 0 bridgehead atoms. The van der Waals surface area contributed by atoms with E-state index < -0.39 is 6.10 Å². The van der Waals surface area contributed by atoms with Crippen LogP contribution in [0.15, 0.2) is 79.0 Å². The van der Waals surface area contributed by atoms with Crippen molar-refractivity contribution < 1.29 is 5.11 Å². The Kier molecular flexibility index (Phi) is 6.71. The van der Waals surface area contributed by atoms with Gasteiger partial charge in [0.25, 0.3) is 0 Å². The highest BCUT2D eigenvalue weighted by molar-refractivity contribution is 5.58. The summed E-state index contributed by atoms with van der Waals surface area (Å²) >= 11 is 0. The molecule has 1 heterocycles. The van der Waals surface area contributed by atoms with Gasteiger partial charge in [-0.05, 0) is 36.7 Å². The van der Waals surface area contributed by atoms with Crippen LogP contribution in [0.4, 0.5) is 0 Å². The molecular formula is C23H27N3O. The van der Waals surface area contributed by atoms with Crippen molar-refractivity contribution in [1.29, 1.82) is 0 Å². The van der Waals surface area contributed by atoms with Gasteiger partial charge < -0.3 is 10.8 Å². The zero-order valence-corrected chi connectivity index (χ0v) is 15.7. The number of hydrogen-bond acceptors (Lipinski definition) is 4. The molecule has 4 heteroatoms. The molecule has 0 fully saturated rings. The zero-order valence-electron chi connectivity index (χ0n) is 15.7. The number of aromatic nitrogens is 1. The van der Waals surface area contributed by atoms with Crippen molar-refractivity contribution in [2.45, 2.75) is 25.1 Å². The van der Waals surface area contributed by atoms with E-state index in [2.05, 4.69) is 34.1 Å². The van der Waals surface area contributed by atoms with Gasteiger partial charge in [-0.2, -0.15) is 0 Å². The van der Waals surface area contributed by atoms with Crippen LogP contribution in [0.1, 0.15) is 11.1 Å². The lowest BCUT2D eigenvalue weighted by atomic mass is 10.0. The van der Waals surface area contributed by atoms with E-state index in [1.165, 1.54) is 5.56 Å². The highest BCUT2D eigenvalue weighted by Gasteiger charge is 2.17. The molecule has 0 saturated carbocycles. The second kappa shape index (κ2) is 9.42. The molecule has 3 aromatic rings. The molecular weight excluding hydrogens is 334 g/mol. The number of nitrogens with two attached hydrogens (primary N) is 1. The van der Waals surface area contributed by atoms with E-state index in [0.717, 1.165) is 23.4 Å². The molecule has 0 aliphatic rings. The van der Waals surface area contributed by atoms with Gasteiger partial charge in [0.05, 0.1) is 11.8 Å². The number of rotatable bonds is 8. The average molecular weight is 361 g/mol. The molecule has 0 radical (unpaired) electrons. The Labute approximate surface area is 161 Å². The first-order valence-corrected chi connectivity index (χ1v) is 9.28. The van der Waals surface area contributed by atoms with E-state index in [1.54, 1.807) is 6.20 Å². The minimum absolute atomic E-state index is 0.276. The zero-order chi connectivity index (χ0) is 19.1. The Bertz CT molecular complexity index is 806. The normalized spacial score (nSPS) is 13.5. The lowest BCUT2D eigenvalue weighted by Crippen LogP contribution is -2.43. The van der Waals surface area contributed by atoms with Crippen LogP contribution in [0, 0.1) is 0 Å². The van der Waals surface area contributed by atoms with Gasteiger partial charge >= 0.3 is 0 Å². The van der Waals surface area contributed by atoms with Gasteiger partial charge in [-0.25, -0.2) is 0 Å². The van der Waals surface area contributed by atoms with Crippen LogP contribution in [0.25, 0.3) is 11.3 Å². The molecule has 3 rings (SSSR count). The van der Waals surface area contributed by atoms with E-state index in [-0.39, 0.29) is 6.04 Å². The highest BCUT2D eigenvalue weighted by atomic mass is 16.3. The highest BCUT2D eigenvalue weighted by Crippen LogP contribution is 2.17. The minimum atomic E-state index is -0.567. The number of aliphatic hydroxyl groups excluding tert-OH is 1. The van der Waals surface area contributed by atoms with Crippen molar-refractivity contribution in [3.8, 4) is 11.3 Å². The summed E-state index contributed by atoms with van der Waals surface area (Å²) in [5, 5.41) is 10.4. The Morgan fingerprint density at radius 1 is 0.926 bits per heavy atom. The van der Waals surface area contributed by atoms with E-state index in [1.807, 2.05) is 55.6 Å². The fourth-order valence-electron chi connectivity index (χ4n) is 3.17. The summed E-state index contributed by atoms with van der Waals surface area (Å²) in [6.07, 6.45) is 1.91. The summed E-state index contributed by atoms with van der Waals surface area (Å²) in [7, 11) is 2.01. The smallest absolute Gasteiger partial charge is 0.0820 e. The number of nitrogens with zero attached hydrogens (tertiary/aromatic N) is 2. The molecule has 27 heavy (non-hydrogen) atoms. The average Bonchev–Trinajstić information content (AvgIpc) is 2.70. The molecule has 2 aromatic carbocycles. The fourth-order valence-corrected chi connectivity index (χ4v) is 3.17. The van der Waals surface area contributed by atoms with Crippen LogP contribution in [0.3, 0.4) is 0 Å². The predicted octanol–water partition coefficient (Wildman–Crippen LogP) is 3.11. The molecule has 2 atom stereocenters. The van der Waals surface area contributed by atoms with Gasteiger partial charge in [-0.3, -0.25) is 9.88 Å². The van der Waals surface area contributed by atoms with Gasteiger partial charge in [-0.15, -0.1) is 0 Å². The van der Waals surface area contributed by atoms with E-state index in [0.29, 0.717) is 13.0 Å². The second-order valence-corrected chi connectivity index (χ2v) is 7.03. The Morgan fingerprint density at radius 2 is 1.63 bits per heavy atom. The summed E-state index contributed by atoms with van der Waals surface area (Å²) < 4.78 is 0. The molecule has 140 valence electrons. The Morgan fingerprint density at radius 3 is 2.30 bits per heavy atom. The maximum atomic E-state index is 10.4. The SMILES string of the molecule is CN(Cc1ccc(-c2ccccn2)cc1)C[C@H](O)[C@@H](N)Cc1ccccc1. The molecule has 0 unspecified atom stereocenters. The van der Waals surface area contributed by atoms with Crippen molar-refractivity contribution in [1.82, 2.24) is 9.88 Å². The Hall–Kier alpha value is -2.53. The monoisotopic (exact) mass is 361 g/mol. The summed E-state index contributed by atoms with van der Waals surface area (Å²) in [6, 6.07) is 24.1. The topological polar surface area (TPSA) is 62.4 Å². The van der Waals surface area contributed by atoms with Gasteiger partial charge in [0.15, 0.2) is 0 Å². The van der Waals surface area contributed by atoms with E-state index in [9.17, 15) is 5.11 Å². The minimum Gasteiger partial charge on any atom is -0.390 e. The van der Waals surface area contributed by atoms with Crippen molar-refractivity contribution in [3.63, 3.8) is 0 Å². The summed E-state index contributed by atoms with van der Waals surface area (Å²) in [6.45, 7) is 1.30. The second-order valence-electron chi connectivity index (χ2n) is 7.03. The first kappa shape index (κ1) is 19.2. The number of aliphatic hydroxyl groups is 1. The number of likely N-dealkylation sites (N-methyl/N-ethyl adjacent to an activating group) is 1. The molecule has 0 spiro atoms. The molecule has 3 N–H and O–H groups in total. The van der Waals surface area contributed by atoms with Crippen LogP contribution < -0.4 is 5.73 Å². The van der Waals surface area contributed by atoms with E-state index >= 15 is 0 Å². The lowest BCUT2D eigenvalue weighted by Gasteiger charge is -2.25. The number of benzene rings is 2. The maximum absolute atomic E-state index is 10.4. The standard InChI is InChI=1S/C23H27N3O/c1-26(17-23(27)21(24)15-18-7-3-2-4-8-18)16-19-10-12-20(13-11-19)22-9-5-6-14-25-22/h2-14,21,23,27H,15-17,24H2,1H3/t21-,23-/m0/s1. The van der Waals surface area contributed by atoms with Gasteiger partial charge in [0, 0.05) is 30.9 Å². The molecule has 0 amide bonds. The molecule has 0 saturated heterocycles. The molecule has 4 nitrogen and oxygen atoms in total.